The van der Waals surface area contributed by atoms with E-state index >= 15 is 0 Å². The monoisotopic (exact) mass is 304 g/mol. The molecule has 0 aromatic carbocycles. The highest BCUT2D eigenvalue weighted by atomic mass is 16.5. The molecule has 3 fully saturated rings. The van der Waals surface area contributed by atoms with Crippen LogP contribution < -0.4 is 0 Å². The fourth-order valence-corrected chi connectivity index (χ4v) is 4.13. The molecule has 1 aromatic heterocycles. The quantitative estimate of drug-likeness (QED) is 0.868. The van der Waals surface area contributed by atoms with Gasteiger partial charge in [-0.3, -0.25) is 9.59 Å². The lowest BCUT2D eigenvalue weighted by molar-refractivity contribution is -0.139. The molecule has 4 rings (SSSR count). The summed E-state index contributed by atoms with van der Waals surface area (Å²) >= 11 is 0. The zero-order valence-electron chi connectivity index (χ0n) is 12.8. The van der Waals surface area contributed by atoms with E-state index in [1.165, 1.54) is 0 Å². The molecular formula is C15H20N4O3. The third kappa shape index (κ3) is 1.63. The van der Waals surface area contributed by atoms with Crippen LogP contribution in [-0.4, -0.2) is 62.5 Å². The smallest absolute Gasteiger partial charge is 0.290 e. The summed E-state index contributed by atoms with van der Waals surface area (Å²) in [5.41, 5.74) is -0.617. The van der Waals surface area contributed by atoms with Crippen LogP contribution in [0.4, 0.5) is 0 Å². The van der Waals surface area contributed by atoms with E-state index in [0.29, 0.717) is 37.7 Å². The summed E-state index contributed by atoms with van der Waals surface area (Å²) in [5.74, 6) is 0.606. The van der Waals surface area contributed by atoms with Gasteiger partial charge in [0.25, 0.3) is 5.91 Å². The molecule has 3 saturated heterocycles. The van der Waals surface area contributed by atoms with E-state index < -0.39 is 5.72 Å². The molecule has 22 heavy (non-hydrogen) atoms. The maximum absolute atomic E-state index is 12.6. The number of aromatic amines is 1. The second-order valence-corrected chi connectivity index (χ2v) is 6.64. The Kier molecular flexibility index (Phi) is 2.84. The topological polar surface area (TPSA) is 78.5 Å². The zero-order chi connectivity index (χ0) is 15.5. The molecule has 0 radical (unpaired) electrons. The van der Waals surface area contributed by atoms with Crippen molar-refractivity contribution in [1.82, 2.24) is 19.8 Å². The average Bonchev–Trinajstić information content (AvgIpc) is 3.20. The molecule has 1 aromatic rings. The van der Waals surface area contributed by atoms with Crippen LogP contribution >= 0.6 is 0 Å². The van der Waals surface area contributed by atoms with Gasteiger partial charge in [0.15, 0.2) is 11.5 Å². The second kappa shape index (κ2) is 4.55. The molecule has 3 atom stereocenters. The summed E-state index contributed by atoms with van der Waals surface area (Å²) < 4.78 is 6.11. The van der Waals surface area contributed by atoms with Crippen molar-refractivity contribution in [3.05, 3.63) is 18.2 Å². The van der Waals surface area contributed by atoms with Gasteiger partial charge in [-0.15, -0.1) is 0 Å². The molecule has 3 aliphatic heterocycles. The van der Waals surface area contributed by atoms with Gasteiger partial charge in [0.05, 0.1) is 25.1 Å². The number of carbonyl (C=O) groups is 2. The van der Waals surface area contributed by atoms with Gasteiger partial charge >= 0.3 is 0 Å². The lowest BCUT2D eigenvalue weighted by Crippen LogP contribution is -2.51. The number of H-pyrrole nitrogens is 1. The highest BCUT2D eigenvalue weighted by molar-refractivity contribution is 5.92. The first kappa shape index (κ1) is 13.8. The third-order valence-electron chi connectivity index (χ3n) is 5.22. The van der Waals surface area contributed by atoms with Crippen LogP contribution in [-0.2, 0) is 9.53 Å². The predicted molar refractivity (Wildman–Crippen MR) is 76.8 cm³/mol. The Hall–Kier alpha value is -1.89. The van der Waals surface area contributed by atoms with Gasteiger partial charge in [0.1, 0.15) is 0 Å². The van der Waals surface area contributed by atoms with Crippen LogP contribution in [0.1, 0.15) is 37.3 Å². The molecule has 118 valence electrons. The third-order valence-corrected chi connectivity index (χ3v) is 5.22. The first-order valence-corrected chi connectivity index (χ1v) is 7.81. The van der Waals surface area contributed by atoms with Crippen molar-refractivity contribution in [3.63, 3.8) is 0 Å². The number of imidazole rings is 1. The summed E-state index contributed by atoms with van der Waals surface area (Å²) in [7, 11) is 0. The van der Waals surface area contributed by atoms with Crippen molar-refractivity contribution in [2.45, 2.75) is 44.5 Å². The lowest BCUT2D eigenvalue weighted by atomic mass is 10.0. The summed E-state index contributed by atoms with van der Waals surface area (Å²) in [6.07, 6.45) is 4.22. The normalized spacial score (nSPS) is 33.7. The Labute approximate surface area is 128 Å². The van der Waals surface area contributed by atoms with Crippen molar-refractivity contribution in [2.75, 3.05) is 13.2 Å². The summed E-state index contributed by atoms with van der Waals surface area (Å²) in [4.78, 5) is 35.7. The molecule has 7 heteroatoms. The lowest BCUT2D eigenvalue weighted by Gasteiger charge is -2.34. The molecule has 1 spiro atoms. The van der Waals surface area contributed by atoms with Gasteiger partial charge in [-0.25, -0.2) is 4.98 Å². The molecule has 0 saturated carbocycles. The number of nitrogens with zero attached hydrogens (tertiary/aromatic N) is 3. The molecule has 0 bridgehead atoms. The van der Waals surface area contributed by atoms with E-state index in [4.69, 9.17) is 4.74 Å². The van der Waals surface area contributed by atoms with Crippen LogP contribution in [0.15, 0.2) is 12.4 Å². The average molecular weight is 304 g/mol. The van der Waals surface area contributed by atoms with Gasteiger partial charge in [-0.2, -0.15) is 0 Å². The Morgan fingerprint density at radius 3 is 3.05 bits per heavy atom. The number of hydrogen-bond donors (Lipinski definition) is 1. The molecule has 0 aliphatic carbocycles. The maximum Gasteiger partial charge on any atom is 0.290 e. The summed E-state index contributed by atoms with van der Waals surface area (Å²) in [6.45, 7) is 5.37. The Morgan fingerprint density at radius 1 is 1.55 bits per heavy atom. The van der Waals surface area contributed by atoms with Crippen LogP contribution in [0, 0.1) is 5.92 Å². The van der Waals surface area contributed by atoms with Crippen molar-refractivity contribution >= 4 is 11.8 Å². The van der Waals surface area contributed by atoms with Crippen molar-refractivity contribution in [2.24, 2.45) is 5.92 Å². The molecule has 1 N–H and O–H groups in total. The first-order chi connectivity index (χ1) is 10.5. The van der Waals surface area contributed by atoms with E-state index in [0.717, 1.165) is 0 Å². The highest BCUT2D eigenvalue weighted by Gasteiger charge is 2.65. The Morgan fingerprint density at radius 2 is 2.36 bits per heavy atom. The van der Waals surface area contributed by atoms with Crippen molar-refractivity contribution < 1.29 is 14.3 Å². The van der Waals surface area contributed by atoms with Crippen LogP contribution in [0.25, 0.3) is 0 Å². The first-order valence-electron chi connectivity index (χ1n) is 7.81. The Balaban J connectivity index is 1.65. The van der Waals surface area contributed by atoms with Crippen LogP contribution in [0.5, 0.6) is 0 Å². The molecule has 3 aliphatic rings. The number of hydrogen-bond acceptors (Lipinski definition) is 4. The molecule has 7 nitrogen and oxygen atoms in total. The Bertz CT molecular complexity index is 614. The molecule has 4 heterocycles. The fourth-order valence-electron chi connectivity index (χ4n) is 4.13. The van der Waals surface area contributed by atoms with Gasteiger partial charge in [-0.05, 0) is 5.92 Å². The van der Waals surface area contributed by atoms with E-state index in [1.807, 2.05) is 4.90 Å². The fraction of sp³-hybridized carbons (Fsp3) is 0.667. The second-order valence-electron chi connectivity index (χ2n) is 6.64. The largest absolute Gasteiger partial charge is 0.351 e. The van der Waals surface area contributed by atoms with E-state index in [2.05, 4.69) is 23.8 Å². The highest BCUT2D eigenvalue weighted by Crippen LogP contribution is 2.48. The molecule has 0 unspecified atom stereocenters. The number of carbonyl (C=O) groups excluding carboxylic acids is 2. The van der Waals surface area contributed by atoms with Gasteiger partial charge in [-0.1, -0.05) is 13.8 Å². The molecular weight excluding hydrogens is 284 g/mol. The zero-order valence-corrected chi connectivity index (χ0v) is 12.8. The number of aromatic nitrogens is 2. The van der Waals surface area contributed by atoms with E-state index in [-0.39, 0.29) is 23.9 Å². The van der Waals surface area contributed by atoms with Crippen LogP contribution in [0.3, 0.4) is 0 Å². The van der Waals surface area contributed by atoms with Crippen molar-refractivity contribution in [3.8, 4) is 0 Å². The minimum atomic E-state index is -0.617. The van der Waals surface area contributed by atoms with Gasteiger partial charge < -0.3 is 19.5 Å². The summed E-state index contributed by atoms with van der Waals surface area (Å²) in [6, 6.07) is -0.0995. The number of amides is 2. The van der Waals surface area contributed by atoms with E-state index in [1.54, 1.807) is 17.3 Å². The van der Waals surface area contributed by atoms with Crippen LogP contribution in [0.2, 0.25) is 0 Å². The van der Waals surface area contributed by atoms with Gasteiger partial charge in [0, 0.05) is 25.4 Å². The molecule has 2 amide bonds. The number of likely N-dealkylation sites (tertiary alicyclic amines) is 1. The predicted octanol–water partition coefficient (Wildman–Crippen LogP) is 0.608. The van der Waals surface area contributed by atoms with E-state index in [9.17, 15) is 9.59 Å². The minimum absolute atomic E-state index is 0.0955. The summed E-state index contributed by atoms with van der Waals surface area (Å²) in [5, 5.41) is 0. The number of rotatable bonds is 2. The number of nitrogens with one attached hydrogen (secondary N) is 1. The van der Waals surface area contributed by atoms with Gasteiger partial charge in [0.2, 0.25) is 5.91 Å². The SMILES string of the molecule is CC(C)[C@@H]1CO[C@@]23CCN(C(=O)c4ncc[nH]4)[C@@H]2CC(=O)N13. The maximum atomic E-state index is 12.6. The number of ether oxygens (including phenoxy) is 1. The minimum Gasteiger partial charge on any atom is -0.351 e. The van der Waals surface area contributed by atoms with Crippen molar-refractivity contribution in [1.29, 1.82) is 0 Å². The standard InChI is InChI=1S/C15H20N4O3/c1-9(2)10-8-22-15-3-6-18(11(15)7-12(20)19(10)15)14(21)13-16-4-5-17-13/h4-5,9-11H,3,6-8H2,1-2H3,(H,16,17)/t10-,11+,15-/m0/s1.